The maximum absolute atomic E-state index is 13.1. The van der Waals surface area contributed by atoms with E-state index in [1.54, 1.807) is 24.3 Å². The molecule has 2 aliphatic heterocycles. The minimum absolute atomic E-state index is 0.00539. The summed E-state index contributed by atoms with van der Waals surface area (Å²) in [6.45, 7) is 6.69. The highest BCUT2D eigenvalue weighted by Gasteiger charge is 2.42. The van der Waals surface area contributed by atoms with Crippen molar-refractivity contribution < 1.29 is 14.4 Å². The van der Waals surface area contributed by atoms with Crippen molar-refractivity contribution >= 4 is 17.6 Å². The van der Waals surface area contributed by atoms with E-state index in [-0.39, 0.29) is 23.0 Å². The highest BCUT2D eigenvalue weighted by molar-refractivity contribution is 5.99. The first-order valence-corrected chi connectivity index (χ1v) is 10.1. The van der Waals surface area contributed by atoms with Gasteiger partial charge in [0.05, 0.1) is 0 Å². The van der Waals surface area contributed by atoms with Gasteiger partial charge in [0, 0.05) is 49.1 Å². The third-order valence-electron chi connectivity index (χ3n) is 5.99. The Morgan fingerprint density at radius 1 is 1.15 bits per heavy atom. The topological polar surface area (TPSA) is 57.7 Å². The summed E-state index contributed by atoms with van der Waals surface area (Å²) in [6.07, 6.45) is 5.60. The molecular weight excluding hydrogens is 340 g/mol. The van der Waals surface area contributed by atoms with E-state index in [4.69, 9.17) is 0 Å². The molecule has 2 heterocycles. The molecule has 2 saturated heterocycles. The van der Waals surface area contributed by atoms with Crippen LogP contribution in [0.3, 0.4) is 0 Å². The fourth-order valence-corrected chi connectivity index (χ4v) is 4.42. The van der Waals surface area contributed by atoms with Gasteiger partial charge >= 0.3 is 0 Å². The Balaban J connectivity index is 1.73. The van der Waals surface area contributed by atoms with Gasteiger partial charge in [0.2, 0.25) is 5.91 Å². The van der Waals surface area contributed by atoms with Crippen molar-refractivity contribution in [2.75, 3.05) is 26.2 Å². The average Bonchev–Trinajstić information content (AvgIpc) is 2.68. The molecule has 0 aromatic heterocycles. The van der Waals surface area contributed by atoms with E-state index in [0.29, 0.717) is 24.1 Å². The smallest absolute Gasteiger partial charge is 0.253 e. The quantitative estimate of drug-likeness (QED) is 0.745. The van der Waals surface area contributed by atoms with E-state index in [2.05, 4.69) is 6.92 Å². The summed E-state index contributed by atoms with van der Waals surface area (Å²) in [5.41, 5.74) is 1.17. The first-order valence-electron chi connectivity index (χ1n) is 10.1. The van der Waals surface area contributed by atoms with Gasteiger partial charge in [-0.25, -0.2) is 0 Å². The van der Waals surface area contributed by atoms with Gasteiger partial charge in [0.1, 0.15) is 0 Å². The van der Waals surface area contributed by atoms with Gasteiger partial charge in [-0.05, 0) is 44.7 Å². The predicted molar refractivity (Wildman–Crippen MR) is 105 cm³/mol. The molecule has 1 spiro atoms. The zero-order valence-corrected chi connectivity index (χ0v) is 16.5. The Morgan fingerprint density at radius 3 is 2.67 bits per heavy atom. The second-order valence-corrected chi connectivity index (χ2v) is 8.14. The number of rotatable bonds is 5. The Kier molecular flexibility index (Phi) is 5.98. The molecule has 1 atom stereocenters. The minimum Gasteiger partial charge on any atom is -0.342 e. The lowest BCUT2D eigenvalue weighted by atomic mass is 9.73. The van der Waals surface area contributed by atoms with Crippen LogP contribution in [0.5, 0.6) is 0 Å². The van der Waals surface area contributed by atoms with E-state index in [1.165, 1.54) is 6.92 Å². The number of ketones is 1. The van der Waals surface area contributed by atoms with Gasteiger partial charge in [0.25, 0.3) is 5.91 Å². The number of carbonyl (C=O) groups excluding carboxylic acids is 3. The third-order valence-corrected chi connectivity index (χ3v) is 5.99. The number of hydrogen-bond donors (Lipinski definition) is 0. The molecular formula is C22H30N2O3. The van der Waals surface area contributed by atoms with Gasteiger partial charge in [-0.3, -0.25) is 14.4 Å². The lowest BCUT2D eigenvalue weighted by Gasteiger charge is -2.48. The summed E-state index contributed by atoms with van der Waals surface area (Å²) in [6, 6.07) is 7.00. The highest BCUT2D eigenvalue weighted by atomic mass is 16.2. The van der Waals surface area contributed by atoms with Gasteiger partial charge in [-0.2, -0.15) is 0 Å². The summed E-state index contributed by atoms with van der Waals surface area (Å²) in [5.74, 6) is 0.220. The normalized spacial score (nSPS) is 23.0. The van der Waals surface area contributed by atoms with E-state index in [1.807, 2.05) is 9.80 Å². The average molecular weight is 370 g/mol. The third kappa shape index (κ3) is 4.40. The first kappa shape index (κ1) is 19.6. The molecule has 0 saturated carbocycles. The van der Waals surface area contributed by atoms with E-state index in [0.717, 1.165) is 51.7 Å². The van der Waals surface area contributed by atoms with Gasteiger partial charge in [-0.15, -0.1) is 0 Å². The maximum Gasteiger partial charge on any atom is 0.253 e. The Morgan fingerprint density at radius 2 is 1.93 bits per heavy atom. The van der Waals surface area contributed by atoms with Crippen LogP contribution in [-0.4, -0.2) is 53.6 Å². The molecule has 1 aromatic rings. The molecule has 5 nitrogen and oxygen atoms in total. The van der Waals surface area contributed by atoms with Gasteiger partial charge < -0.3 is 9.80 Å². The molecule has 0 aliphatic carbocycles. The zero-order valence-electron chi connectivity index (χ0n) is 16.5. The van der Waals surface area contributed by atoms with Crippen molar-refractivity contribution in [3.63, 3.8) is 0 Å². The molecule has 2 fully saturated rings. The number of unbranched alkanes of at least 4 members (excludes halogenated alkanes) is 1. The summed E-state index contributed by atoms with van der Waals surface area (Å²) in [4.78, 5) is 40.9. The molecule has 0 unspecified atom stereocenters. The molecule has 0 N–H and O–H groups in total. The van der Waals surface area contributed by atoms with Gasteiger partial charge in [0.15, 0.2) is 5.78 Å². The van der Waals surface area contributed by atoms with Crippen LogP contribution in [0.15, 0.2) is 24.3 Å². The number of nitrogens with zero attached hydrogens (tertiary/aromatic N) is 2. The molecule has 146 valence electrons. The Hall–Kier alpha value is -2.17. The summed E-state index contributed by atoms with van der Waals surface area (Å²) in [5, 5.41) is 0. The van der Waals surface area contributed by atoms with Gasteiger partial charge in [-0.1, -0.05) is 25.5 Å². The second kappa shape index (κ2) is 8.24. The number of piperidine rings is 2. The second-order valence-electron chi connectivity index (χ2n) is 8.14. The van der Waals surface area contributed by atoms with Crippen LogP contribution in [0, 0.1) is 5.41 Å². The van der Waals surface area contributed by atoms with Crippen LogP contribution in [-0.2, 0) is 4.79 Å². The SMILES string of the molecule is CCCCN1C[C@]2(CCCN(C(=O)c3cccc(C(C)=O)c3)C2)CCC1=O. The van der Waals surface area contributed by atoms with E-state index >= 15 is 0 Å². The van der Waals surface area contributed by atoms with Crippen molar-refractivity contribution in [1.29, 1.82) is 0 Å². The number of benzene rings is 1. The largest absolute Gasteiger partial charge is 0.342 e. The maximum atomic E-state index is 13.1. The van der Waals surface area contributed by atoms with Crippen molar-refractivity contribution in [2.24, 2.45) is 5.41 Å². The van der Waals surface area contributed by atoms with E-state index < -0.39 is 0 Å². The fraction of sp³-hybridized carbons (Fsp3) is 0.591. The lowest BCUT2D eigenvalue weighted by molar-refractivity contribution is -0.139. The number of carbonyl (C=O) groups is 3. The molecule has 0 bridgehead atoms. The lowest BCUT2D eigenvalue weighted by Crippen LogP contribution is -2.55. The number of Topliss-reactive ketones (excluding diaryl/α,β-unsaturated/α-hetero) is 1. The molecule has 1 aromatic carbocycles. The Bertz CT molecular complexity index is 730. The number of hydrogen-bond acceptors (Lipinski definition) is 3. The zero-order chi connectivity index (χ0) is 19.4. The summed E-state index contributed by atoms with van der Waals surface area (Å²) < 4.78 is 0. The van der Waals surface area contributed by atoms with Crippen molar-refractivity contribution in [1.82, 2.24) is 9.80 Å². The van der Waals surface area contributed by atoms with Crippen LogP contribution < -0.4 is 0 Å². The van der Waals surface area contributed by atoms with Crippen molar-refractivity contribution in [2.45, 2.75) is 52.4 Å². The van der Waals surface area contributed by atoms with Crippen LogP contribution in [0.4, 0.5) is 0 Å². The molecule has 3 rings (SSSR count). The molecule has 0 radical (unpaired) electrons. The van der Waals surface area contributed by atoms with E-state index in [9.17, 15) is 14.4 Å². The fourth-order valence-electron chi connectivity index (χ4n) is 4.42. The van der Waals surface area contributed by atoms with Crippen molar-refractivity contribution in [3.8, 4) is 0 Å². The molecule has 5 heteroatoms. The standard InChI is InChI=1S/C22H30N2O3/c1-3-4-12-23-15-22(11-9-20(23)26)10-6-13-24(16-22)21(27)19-8-5-7-18(14-19)17(2)25/h5,7-8,14H,3-4,6,9-13,15-16H2,1-2H3/t22-/m0/s1. The van der Waals surface area contributed by atoms with Crippen LogP contribution in [0.2, 0.25) is 0 Å². The Labute approximate surface area is 161 Å². The number of likely N-dealkylation sites (tertiary alicyclic amines) is 2. The summed E-state index contributed by atoms with van der Waals surface area (Å²) >= 11 is 0. The van der Waals surface area contributed by atoms with Crippen LogP contribution >= 0.6 is 0 Å². The minimum atomic E-state index is -0.0304. The van der Waals surface area contributed by atoms with Crippen LogP contribution in [0.1, 0.15) is 73.1 Å². The molecule has 2 aliphatic rings. The molecule has 27 heavy (non-hydrogen) atoms. The first-order chi connectivity index (χ1) is 12.9. The highest BCUT2D eigenvalue weighted by Crippen LogP contribution is 2.39. The number of amides is 2. The predicted octanol–water partition coefficient (Wildman–Crippen LogP) is 3.53. The monoisotopic (exact) mass is 370 g/mol. The summed E-state index contributed by atoms with van der Waals surface area (Å²) in [7, 11) is 0. The molecule has 2 amide bonds. The van der Waals surface area contributed by atoms with Crippen LogP contribution in [0.25, 0.3) is 0 Å². The van der Waals surface area contributed by atoms with Crippen molar-refractivity contribution in [3.05, 3.63) is 35.4 Å².